The number of carbonyl (C=O) groups excluding carboxylic acids is 1. The monoisotopic (exact) mass is 374 g/mol. The lowest BCUT2D eigenvalue weighted by Gasteiger charge is -2.58. The van der Waals surface area contributed by atoms with Gasteiger partial charge < -0.3 is 24.6 Å². The minimum absolute atomic E-state index is 0.136. The van der Waals surface area contributed by atoms with Gasteiger partial charge >= 0.3 is 5.97 Å². The summed E-state index contributed by atoms with van der Waals surface area (Å²) in [5, 5.41) is 12.3. The third kappa shape index (κ3) is 2.95. The van der Waals surface area contributed by atoms with Crippen molar-refractivity contribution in [3.05, 3.63) is 46.4 Å². The molecule has 0 spiro atoms. The van der Waals surface area contributed by atoms with Crippen molar-refractivity contribution >= 4 is 11.9 Å². The first-order valence-electron chi connectivity index (χ1n) is 8.67. The molecule has 8 nitrogen and oxygen atoms in total. The van der Waals surface area contributed by atoms with Gasteiger partial charge in [0.05, 0.1) is 18.1 Å². The van der Waals surface area contributed by atoms with Crippen LogP contribution in [0.2, 0.25) is 0 Å². The standard InChI is InChI=1S/C19H22N2O6/c1-4-26-14-10-19(17(24)25,18(14,2)3)21-16(23)11-7-8-12(20-15(11)22)13-6-5-9-27-13/h5-9,14H,4,10H2,1-3H3,(H,20,22)(H,21,23)(H,24,25). The van der Waals surface area contributed by atoms with Crippen molar-refractivity contribution in [1.82, 2.24) is 10.3 Å². The van der Waals surface area contributed by atoms with E-state index >= 15 is 0 Å². The Bertz CT molecular complexity index is 915. The van der Waals surface area contributed by atoms with Crippen LogP contribution in [-0.2, 0) is 9.53 Å². The van der Waals surface area contributed by atoms with Gasteiger partial charge in [-0.3, -0.25) is 9.59 Å². The number of rotatable bonds is 6. The topological polar surface area (TPSA) is 122 Å². The molecule has 3 N–H and O–H groups in total. The van der Waals surface area contributed by atoms with Gasteiger partial charge in [0.2, 0.25) is 0 Å². The number of carboxylic acid groups (broad SMARTS) is 1. The zero-order valence-electron chi connectivity index (χ0n) is 15.4. The predicted molar refractivity (Wildman–Crippen MR) is 96.4 cm³/mol. The summed E-state index contributed by atoms with van der Waals surface area (Å²) < 4.78 is 10.8. The number of H-pyrrole nitrogens is 1. The largest absolute Gasteiger partial charge is 0.479 e. The third-order valence-electron chi connectivity index (χ3n) is 5.40. The van der Waals surface area contributed by atoms with E-state index in [4.69, 9.17) is 9.15 Å². The molecule has 2 aromatic rings. The lowest BCUT2D eigenvalue weighted by Crippen LogP contribution is -2.76. The molecule has 2 atom stereocenters. The lowest BCUT2D eigenvalue weighted by molar-refractivity contribution is -0.190. The second kappa shape index (κ2) is 6.70. The Morgan fingerprint density at radius 2 is 2.11 bits per heavy atom. The quantitative estimate of drug-likeness (QED) is 0.711. The Morgan fingerprint density at radius 3 is 2.63 bits per heavy atom. The number of hydrogen-bond acceptors (Lipinski definition) is 5. The minimum Gasteiger partial charge on any atom is -0.479 e. The van der Waals surface area contributed by atoms with Crippen molar-refractivity contribution in [2.75, 3.05) is 6.61 Å². The zero-order chi connectivity index (χ0) is 19.8. The van der Waals surface area contributed by atoms with Gasteiger partial charge in [-0.1, -0.05) is 13.8 Å². The van der Waals surface area contributed by atoms with Crippen molar-refractivity contribution < 1.29 is 23.8 Å². The van der Waals surface area contributed by atoms with Crippen LogP contribution in [0.4, 0.5) is 0 Å². The van der Waals surface area contributed by atoms with Gasteiger partial charge in [-0.2, -0.15) is 0 Å². The summed E-state index contributed by atoms with van der Waals surface area (Å²) >= 11 is 0. The van der Waals surface area contributed by atoms with Gasteiger partial charge in [0, 0.05) is 18.4 Å². The van der Waals surface area contributed by atoms with Crippen LogP contribution in [-0.4, -0.2) is 40.2 Å². The maximum absolute atomic E-state index is 12.7. The molecule has 144 valence electrons. The van der Waals surface area contributed by atoms with Crippen LogP contribution < -0.4 is 10.9 Å². The second-order valence-corrected chi connectivity index (χ2v) is 7.13. The summed E-state index contributed by atoms with van der Waals surface area (Å²) in [4.78, 5) is 39.5. The van der Waals surface area contributed by atoms with E-state index in [0.717, 1.165) is 0 Å². The molecule has 1 fully saturated rings. The Labute approximate surface area is 155 Å². The molecule has 0 saturated heterocycles. The lowest BCUT2D eigenvalue weighted by atomic mass is 9.54. The highest BCUT2D eigenvalue weighted by Gasteiger charge is 2.66. The molecule has 0 bridgehead atoms. The molecule has 1 aliphatic carbocycles. The van der Waals surface area contributed by atoms with Crippen LogP contribution in [0.1, 0.15) is 37.6 Å². The molecule has 8 heteroatoms. The number of furan rings is 1. The first-order chi connectivity index (χ1) is 12.7. The number of hydrogen-bond donors (Lipinski definition) is 3. The number of aromatic amines is 1. The number of aliphatic carboxylic acids is 1. The van der Waals surface area contributed by atoms with E-state index in [0.29, 0.717) is 18.1 Å². The highest BCUT2D eigenvalue weighted by Crippen LogP contribution is 2.51. The summed E-state index contributed by atoms with van der Waals surface area (Å²) in [5.41, 5.74) is -2.70. The molecule has 2 aromatic heterocycles. The average Bonchev–Trinajstić information content (AvgIpc) is 3.14. The smallest absolute Gasteiger partial charge is 0.330 e. The molecule has 2 unspecified atom stereocenters. The van der Waals surface area contributed by atoms with E-state index in [1.807, 2.05) is 6.92 Å². The van der Waals surface area contributed by atoms with Crippen LogP contribution in [0.15, 0.2) is 39.7 Å². The molecule has 0 aromatic carbocycles. The molecule has 1 aliphatic rings. The van der Waals surface area contributed by atoms with Crippen LogP contribution >= 0.6 is 0 Å². The molecule has 0 aliphatic heterocycles. The Hall–Kier alpha value is -2.87. The minimum atomic E-state index is -1.50. The van der Waals surface area contributed by atoms with Gasteiger partial charge in [-0.15, -0.1) is 0 Å². The van der Waals surface area contributed by atoms with Gasteiger partial charge in [0.15, 0.2) is 0 Å². The number of nitrogens with one attached hydrogen (secondary N) is 2. The summed E-state index contributed by atoms with van der Waals surface area (Å²) in [6.45, 7) is 5.74. The van der Waals surface area contributed by atoms with Crippen LogP contribution in [0, 0.1) is 5.41 Å². The number of carboxylic acids is 1. The van der Waals surface area contributed by atoms with Gasteiger partial charge in [-0.25, -0.2) is 4.79 Å². The van der Waals surface area contributed by atoms with Crippen molar-refractivity contribution in [1.29, 1.82) is 0 Å². The Balaban J connectivity index is 1.86. The van der Waals surface area contributed by atoms with E-state index in [9.17, 15) is 19.5 Å². The molecule has 2 heterocycles. The normalized spacial score (nSPS) is 23.4. The third-order valence-corrected chi connectivity index (χ3v) is 5.40. The van der Waals surface area contributed by atoms with Gasteiger partial charge in [-0.05, 0) is 31.2 Å². The fourth-order valence-corrected chi connectivity index (χ4v) is 3.53. The van der Waals surface area contributed by atoms with E-state index in [-0.39, 0.29) is 18.1 Å². The van der Waals surface area contributed by atoms with E-state index in [1.54, 1.807) is 26.0 Å². The predicted octanol–water partition coefficient (Wildman–Crippen LogP) is 2.02. The number of pyridine rings is 1. The highest BCUT2D eigenvalue weighted by molar-refractivity contribution is 5.98. The molecular weight excluding hydrogens is 352 g/mol. The zero-order valence-corrected chi connectivity index (χ0v) is 15.4. The molecule has 3 rings (SSSR count). The maximum Gasteiger partial charge on any atom is 0.330 e. The molecule has 27 heavy (non-hydrogen) atoms. The number of aromatic nitrogens is 1. The molecule has 0 radical (unpaired) electrons. The Kier molecular flexibility index (Phi) is 4.69. The van der Waals surface area contributed by atoms with Crippen molar-refractivity contribution in [2.24, 2.45) is 5.41 Å². The first-order valence-corrected chi connectivity index (χ1v) is 8.67. The van der Waals surface area contributed by atoms with Crippen LogP contribution in [0.3, 0.4) is 0 Å². The van der Waals surface area contributed by atoms with E-state index in [2.05, 4.69) is 10.3 Å². The summed E-state index contributed by atoms with van der Waals surface area (Å²) in [6.07, 6.45) is 1.31. The second-order valence-electron chi connectivity index (χ2n) is 7.13. The average molecular weight is 374 g/mol. The van der Waals surface area contributed by atoms with Crippen LogP contribution in [0.5, 0.6) is 0 Å². The molecular formula is C19H22N2O6. The van der Waals surface area contributed by atoms with Crippen LogP contribution in [0.25, 0.3) is 11.5 Å². The first kappa shape index (κ1) is 18.9. The van der Waals surface area contributed by atoms with Gasteiger partial charge in [0.25, 0.3) is 11.5 Å². The molecule has 1 amide bonds. The van der Waals surface area contributed by atoms with E-state index < -0.39 is 28.4 Å². The summed E-state index contributed by atoms with van der Waals surface area (Å²) in [7, 11) is 0. The SMILES string of the molecule is CCOC1CC(NC(=O)c2ccc(-c3ccco3)[nH]c2=O)(C(=O)O)C1(C)C. The fraction of sp³-hybridized carbons (Fsp3) is 0.421. The number of carbonyl (C=O) groups is 2. The fourth-order valence-electron chi connectivity index (χ4n) is 3.53. The van der Waals surface area contributed by atoms with Crippen molar-refractivity contribution in [2.45, 2.75) is 38.8 Å². The highest BCUT2D eigenvalue weighted by atomic mass is 16.5. The maximum atomic E-state index is 12.7. The van der Waals surface area contributed by atoms with Crippen molar-refractivity contribution in [3.8, 4) is 11.5 Å². The van der Waals surface area contributed by atoms with Gasteiger partial charge in [0.1, 0.15) is 16.9 Å². The summed E-state index contributed by atoms with van der Waals surface area (Å²) in [6, 6.07) is 6.25. The summed E-state index contributed by atoms with van der Waals surface area (Å²) in [5.74, 6) is -1.44. The Morgan fingerprint density at radius 1 is 1.37 bits per heavy atom. The molecule has 1 saturated carbocycles. The van der Waals surface area contributed by atoms with Crippen molar-refractivity contribution in [3.63, 3.8) is 0 Å². The number of ether oxygens (including phenoxy) is 1. The number of amides is 1. The van der Waals surface area contributed by atoms with E-state index in [1.165, 1.54) is 18.4 Å².